The second-order valence-electron chi connectivity index (χ2n) is 4.84. The molecule has 2 rings (SSSR count). The zero-order valence-electron chi connectivity index (χ0n) is 11.5. The first-order valence-electron chi connectivity index (χ1n) is 6.77. The van der Waals surface area contributed by atoms with Gasteiger partial charge in [-0.15, -0.1) is 0 Å². The van der Waals surface area contributed by atoms with Crippen molar-refractivity contribution in [2.45, 2.75) is 26.8 Å². The molecule has 0 aliphatic rings. The molecule has 0 radical (unpaired) electrons. The standard InChI is InChI=1S/C17H20ClN/c1-3-9-19-12-14-7-8-17(13(2)10-14)15-5-4-6-16(18)11-15/h4-8,10-11,19H,3,9,12H2,1-2H3. The SMILES string of the molecule is CCCNCc1ccc(-c2cccc(Cl)c2)c(C)c1. The Balaban J connectivity index is 2.19. The molecule has 2 aromatic carbocycles. The first kappa shape index (κ1) is 14.1. The van der Waals surface area contributed by atoms with Crippen LogP contribution < -0.4 is 5.32 Å². The number of nitrogens with one attached hydrogen (secondary N) is 1. The zero-order chi connectivity index (χ0) is 13.7. The highest BCUT2D eigenvalue weighted by Crippen LogP contribution is 2.26. The number of halogens is 1. The van der Waals surface area contributed by atoms with Gasteiger partial charge in [-0.05, 0) is 54.3 Å². The second kappa shape index (κ2) is 6.74. The predicted molar refractivity (Wildman–Crippen MR) is 83.6 cm³/mol. The van der Waals surface area contributed by atoms with Crippen LogP contribution in [-0.2, 0) is 6.54 Å². The lowest BCUT2D eigenvalue weighted by Crippen LogP contribution is -2.13. The molecule has 0 aliphatic heterocycles. The first-order valence-corrected chi connectivity index (χ1v) is 7.14. The van der Waals surface area contributed by atoms with E-state index in [0.29, 0.717) is 0 Å². The van der Waals surface area contributed by atoms with Crippen LogP contribution in [0.2, 0.25) is 5.02 Å². The molecule has 0 saturated carbocycles. The molecule has 0 aromatic heterocycles. The van der Waals surface area contributed by atoms with E-state index in [9.17, 15) is 0 Å². The quantitative estimate of drug-likeness (QED) is 0.771. The molecule has 0 saturated heterocycles. The molecule has 0 unspecified atom stereocenters. The summed E-state index contributed by atoms with van der Waals surface area (Å²) in [6, 6.07) is 14.6. The Labute approximate surface area is 120 Å². The fourth-order valence-corrected chi connectivity index (χ4v) is 2.42. The molecule has 19 heavy (non-hydrogen) atoms. The van der Waals surface area contributed by atoms with Crippen LogP contribution in [-0.4, -0.2) is 6.54 Å². The number of rotatable bonds is 5. The Morgan fingerprint density at radius 2 is 1.95 bits per heavy atom. The average Bonchev–Trinajstić information content (AvgIpc) is 2.39. The topological polar surface area (TPSA) is 12.0 Å². The molecule has 2 heteroatoms. The maximum atomic E-state index is 6.05. The number of aryl methyl sites for hydroxylation is 1. The van der Waals surface area contributed by atoms with Crippen molar-refractivity contribution < 1.29 is 0 Å². The van der Waals surface area contributed by atoms with E-state index in [1.165, 1.54) is 28.7 Å². The van der Waals surface area contributed by atoms with Crippen LogP contribution in [0.3, 0.4) is 0 Å². The van der Waals surface area contributed by atoms with Gasteiger partial charge in [0, 0.05) is 11.6 Å². The Hall–Kier alpha value is -1.31. The van der Waals surface area contributed by atoms with Crippen LogP contribution in [0, 0.1) is 6.92 Å². The summed E-state index contributed by atoms with van der Waals surface area (Å²) in [4.78, 5) is 0. The van der Waals surface area contributed by atoms with Crippen LogP contribution >= 0.6 is 11.6 Å². The van der Waals surface area contributed by atoms with Crippen molar-refractivity contribution in [3.63, 3.8) is 0 Å². The van der Waals surface area contributed by atoms with Crippen molar-refractivity contribution in [2.75, 3.05) is 6.54 Å². The van der Waals surface area contributed by atoms with E-state index >= 15 is 0 Å². The summed E-state index contributed by atoms with van der Waals surface area (Å²) in [6.45, 7) is 6.33. The Kier molecular flexibility index (Phi) is 5.00. The minimum atomic E-state index is 0.783. The molecule has 0 atom stereocenters. The van der Waals surface area contributed by atoms with Crippen molar-refractivity contribution in [1.29, 1.82) is 0 Å². The zero-order valence-corrected chi connectivity index (χ0v) is 12.3. The molecule has 0 spiro atoms. The summed E-state index contributed by atoms with van der Waals surface area (Å²) < 4.78 is 0. The lowest BCUT2D eigenvalue weighted by molar-refractivity contribution is 0.675. The molecule has 0 heterocycles. The van der Waals surface area contributed by atoms with E-state index in [-0.39, 0.29) is 0 Å². The Morgan fingerprint density at radius 1 is 1.11 bits per heavy atom. The molecule has 0 aliphatic carbocycles. The molecule has 0 amide bonds. The summed E-state index contributed by atoms with van der Waals surface area (Å²) in [5.74, 6) is 0. The minimum absolute atomic E-state index is 0.783. The van der Waals surface area contributed by atoms with Gasteiger partial charge in [0.05, 0.1) is 0 Å². The van der Waals surface area contributed by atoms with Gasteiger partial charge in [-0.1, -0.05) is 48.9 Å². The third-order valence-electron chi connectivity index (χ3n) is 3.18. The third kappa shape index (κ3) is 3.82. The number of hydrogen-bond acceptors (Lipinski definition) is 1. The van der Waals surface area contributed by atoms with Crippen molar-refractivity contribution in [3.8, 4) is 11.1 Å². The van der Waals surface area contributed by atoms with Crippen LogP contribution in [0.5, 0.6) is 0 Å². The lowest BCUT2D eigenvalue weighted by atomic mass is 9.98. The van der Waals surface area contributed by atoms with E-state index in [1.54, 1.807) is 0 Å². The Bertz CT molecular complexity index is 549. The summed E-state index contributed by atoms with van der Waals surface area (Å²) in [5.41, 5.74) is 5.05. The molecule has 100 valence electrons. The highest BCUT2D eigenvalue weighted by Gasteiger charge is 2.03. The van der Waals surface area contributed by atoms with E-state index in [4.69, 9.17) is 11.6 Å². The summed E-state index contributed by atoms with van der Waals surface area (Å²) >= 11 is 6.05. The molecule has 0 bridgehead atoms. The van der Waals surface area contributed by atoms with E-state index < -0.39 is 0 Å². The molecule has 2 aromatic rings. The average molecular weight is 274 g/mol. The maximum absolute atomic E-state index is 6.05. The monoisotopic (exact) mass is 273 g/mol. The van der Waals surface area contributed by atoms with Crippen molar-refractivity contribution in [1.82, 2.24) is 5.32 Å². The first-order chi connectivity index (χ1) is 9.20. The van der Waals surface area contributed by atoms with Gasteiger partial charge in [-0.2, -0.15) is 0 Å². The Morgan fingerprint density at radius 3 is 2.63 bits per heavy atom. The summed E-state index contributed by atoms with van der Waals surface area (Å²) in [7, 11) is 0. The van der Waals surface area contributed by atoms with Crippen molar-refractivity contribution >= 4 is 11.6 Å². The van der Waals surface area contributed by atoms with Gasteiger partial charge in [-0.25, -0.2) is 0 Å². The van der Waals surface area contributed by atoms with E-state index in [2.05, 4.69) is 43.4 Å². The van der Waals surface area contributed by atoms with Gasteiger partial charge in [0.25, 0.3) is 0 Å². The normalized spacial score (nSPS) is 10.7. The maximum Gasteiger partial charge on any atom is 0.0412 e. The van der Waals surface area contributed by atoms with Crippen LogP contribution in [0.25, 0.3) is 11.1 Å². The predicted octanol–water partition coefficient (Wildman–Crippen LogP) is 4.82. The third-order valence-corrected chi connectivity index (χ3v) is 3.42. The van der Waals surface area contributed by atoms with Gasteiger partial charge in [0.15, 0.2) is 0 Å². The van der Waals surface area contributed by atoms with Crippen LogP contribution in [0.4, 0.5) is 0 Å². The molecular formula is C17H20ClN. The largest absolute Gasteiger partial charge is 0.313 e. The summed E-state index contributed by atoms with van der Waals surface area (Å²) in [5, 5.41) is 4.21. The fourth-order valence-electron chi connectivity index (χ4n) is 2.23. The molecule has 1 N–H and O–H groups in total. The summed E-state index contributed by atoms with van der Waals surface area (Å²) in [6.07, 6.45) is 1.17. The second-order valence-corrected chi connectivity index (χ2v) is 5.27. The number of hydrogen-bond donors (Lipinski definition) is 1. The highest BCUT2D eigenvalue weighted by molar-refractivity contribution is 6.30. The van der Waals surface area contributed by atoms with Crippen LogP contribution in [0.15, 0.2) is 42.5 Å². The van der Waals surface area contributed by atoms with Gasteiger partial charge < -0.3 is 5.32 Å². The molecule has 0 fully saturated rings. The van der Waals surface area contributed by atoms with Gasteiger partial charge in [0.2, 0.25) is 0 Å². The fraction of sp³-hybridized carbons (Fsp3) is 0.294. The smallest absolute Gasteiger partial charge is 0.0412 e. The molecular weight excluding hydrogens is 254 g/mol. The lowest BCUT2D eigenvalue weighted by Gasteiger charge is -2.10. The van der Waals surface area contributed by atoms with Crippen molar-refractivity contribution in [2.24, 2.45) is 0 Å². The highest BCUT2D eigenvalue weighted by atomic mass is 35.5. The van der Waals surface area contributed by atoms with Gasteiger partial charge in [-0.3, -0.25) is 0 Å². The molecule has 1 nitrogen and oxygen atoms in total. The van der Waals surface area contributed by atoms with Gasteiger partial charge >= 0.3 is 0 Å². The van der Waals surface area contributed by atoms with E-state index in [0.717, 1.165) is 18.1 Å². The van der Waals surface area contributed by atoms with Gasteiger partial charge in [0.1, 0.15) is 0 Å². The number of benzene rings is 2. The van der Waals surface area contributed by atoms with Crippen molar-refractivity contribution in [3.05, 3.63) is 58.6 Å². The minimum Gasteiger partial charge on any atom is -0.313 e. The van der Waals surface area contributed by atoms with E-state index in [1.807, 2.05) is 18.2 Å². The van der Waals surface area contributed by atoms with Crippen LogP contribution in [0.1, 0.15) is 24.5 Å².